The summed E-state index contributed by atoms with van der Waals surface area (Å²) >= 11 is 0. The summed E-state index contributed by atoms with van der Waals surface area (Å²) < 4.78 is 13.3. The van der Waals surface area contributed by atoms with Crippen LogP contribution in [-0.4, -0.2) is 11.1 Å². The molecule has 0 amide bonds. The zero-order chi connectivity index (χ0) is 13.3. The van der Waals surface area contributed by atoms with Crippen molar-refractivity contribution in [1.29, 1.82) is 0 Å². The largest absolute Gasteiger partial charge is 0.478 e. The summed E-state index contributed by atoms with van der Waals surface area (Å²) in [4.78, 5) is 11.1. The first kappa shape index (κ1) is 12.3. The Morgan fingerprint density at radius 2 is 1.72 bits per heavy atom. The summed E-state index contributed by atoms with van der Waals surface area (Å²) in [6, 6.07) is 9.63. The molecule has 0 aliphatic rings. The summed E-state index contributed by atoms with van der Waals surface area (Å²) in [5.74, 6) is -1.29. The number of aryl methyl sites for hydroxylation is 2. The van der Waals surface area contributed by atoms with Crippen molar-refractivity contribution < 1.29 is 14.3 Å². The van der Waals surface area contributed by atoms with Gasteiger partial charge in [0.05, 0.1) is 5.56 Å². The molecule has 0 aliphatic heterocycles. The minimum atomic E-state index is -0.969. The van der Waals surface area contributed by atoms with Crippen molar-refractivity contribution in [3.05, 3.63) is 58.9 Å². The number of carboxylic acid groups (broad SMARTS) is 1. The fourth-order valence-electron chi connectivity index (χ4n) is 1.93. The van der Waals surface area contributed by atoms with Gasteiger partial charge in [-0.2, -0.15) is 0 Å². The maximum atomic E-state index is 13.3. The standard InChI is InChI=1S/C15H13FO2/c1-9-4-6-12(16)8-13(9)11-5-3-10(2)14(7-11)15(17)18/h3-8H,1-2H3,(H,17,18). The average Bonchev–Trinajstić information content (AvgIpc) is 2.33. The number of aromatic carboxylic acids is 1. The lowest BCUT2D eigenvalue weighted by Crippen LogP contribution is -2.00. The van der Waals surface area contributed by atoms with Crippen molar-refractivity contribution in [2.24, 2.45) is 0 Å². The van der Waals surface area contributed by atoms with Crippen LogP contribution < -0.4 is 0 Å². The van der Waals surface area contributed by atoms with Crippen LogP contribution in [0, 0.1) is 19.7 Å². The van der Waals surface area contributed by atoms with Crippen LogP contribution in [0.4, 0.5) is 4.39 Å². The van der Waals surface area contributed by atoms with E-state index < -0.39 is 5.97 Å². The average molecular weight is 244 g/mol. The number of benzene rings is 2. The van der Waals surface area contributed by atoms with Gasteiger partial charge in [0.25, 0.3) is 0 Å². The fraction of sp³-hybridized carbons (Fsp3) is 0.133. The van der Waals surface area contributed by atoms with E-state index in [4.69, 9.17) is 5.11 Å². The normalized spacial score (nSPS) is 10.4. The molecule has 1 N–H and O–H groups in total. The van der Waals surface area contributed by atoms with Crippen molar-refractivity contribution in [2.45, 2.75) is 13.8 Å². The number of rotatable bonds is 2. The first-order valence-corrected chi connectivity index (χ1v) is 5.59. The quantitative estimate of drug-likeness (QED) is 0.872. The van der Waals surface area contributed by atoms with Crippen molar-refractivity contribution >= 4 is 5.97 Å². The van der Waals surface area contributed by atoms with Crippen LogP contribution >= 0.6 is 0 Å². The highest BCUT2D eigenvalue weighted by Gasteiger charge is 2.10. The van der Waals surface area contributed by atoms with E-state index in [1.165, 1.54) is 12.1 Å². The first-order chi connectivity index (χ1) is 8.49. The second kappa shape index (κ2) is 4.61. The van der Waals surface area contributed by atoms with E-state index in [-0.39, 0.29) is 11.4 Å². The molecule has 2 aromatic rings. The number of hydrogen-bond acceptors (Lipinski definition) is 1. The number of carbonyl (C=O) groups is 1. The minimum absolute atomic E-state index is 0.246. The van der Waals surface area contributed by atoms with Gasteiger partial charge in [-0.25, -0.2) is 9.18 Å². The molecule has 0 bridgehead atoms. The zero-order valence-corrected chi connectivity index (χ0v) is 10.2. The molecular weight excluding hydrogens is 231 g/mol. The highest BCUT2D eigenvalue weighted by Crippen LogP contribution is 2.26. The molecule has 2 aromatic carbocycles. The van der Waals surface area contributed by atoms with Crippen LogP contribution in [0.15, 0.2) is 36.4 Å². The van der Waals surface area contributed by atoms with Gasteiger partial charge in [-0.05, 0) is 54.3 Å². The van der Waals surface area contributed by atoms with E-state index in [9.17, 15) is 9.18 Å². The van der Waals surface area contributed by atoms with Gasteiger partial charge in [-0.3, -0.25) is 0 Å². The van der Waals surface area contributed by atoms with Gasteiger partial charge in [-0.1, -0.05) is 18.2 Å². The molecule has 0 heterocycles. The lowest BCUT2D eigenvalue weighted by molar-refractivity contribution is 0.0696. The monoisotopic (exact) mass is 244 g/mol. The van der Waals surface area contributed by atoms with Gasteiger partial charge in [0.15, 0.2) is 0 Å². The molecule has 0 spiro atoms. The highest BCUT2D eigenvalue weighted by atomic mass is 19.1. The third-order valence-corrected chi connectivity index (χ3v) is 2.98. The number of hydrogen-bond donors (Lipinski definition) is 1. The second-order valence-electron chi connectivity index (χ2n) is 4.29. The van der Waals surface area contributed by atoms with E-state index in [1.54, 1.807) is 25.1 Å². The van der Waals surface area contributed by atoms with Gasteiger partial charge in [-0.15, -0.1) is 0 Å². The summed E-state index contributed by atoms with van der Waals surface area (Å²) in [5.41, 5.74) is 3.29. The second-order valence-corrected chi connectivity index (χ2v) is 4.29. The summed E-state index contributed by atoms with van der Waals surface area (Å²) in [5, 5.41) is 9.09. The van der Waals surface area contributed by atoms with Crippen LogP contribution in [0.25, 0.3) is 11.1 Å². The van der Waals surface area contributed by atoms with Gasteiger partial charge in [0, 0.05) is 0 Å². The fourth-order valence-corrected chi connectivity index (χ4v) is 1.93. The Morgan fingerprint density at radius 1 is 1.06 bits per heavy atom. The van der Waals surface area contributed by atoms with E-state index in [0.717, 1.165) is 16.7 Å². The molecule has 3 heteroatoms. The number of halogens is 1. The molecule has 92 valence electrons. The lowest BCUT2D eigenvalue weighted by atomic mass is 9.96. The molecule has 2 rings (SSSR count). The van der Waals surface area contributed by atoms with E-state index in [0.29, 0.717) is 5.56 Å². The highest BCUT2D eigenvalue weighted by molar-refractivity contribution is 5.91. The molecule has 18 heavy (non-hydrogen) atoms. The Hall–Kier alpha value is -2.16. The van der Waals surface area contributed by atoms with E-state index in [1.807, 2.05) is 13.0 Å². The molecule has 0 radical (unpaired) electrons. The van der Waals surface area contributed by atoms with Crippen LogP contribution in [0.1, 0.15) is 21.5 Å². The Labute approximate surface area is 105 Å². The molecule has 0 saturated heterocycles. The molecule has 0 atom stereocenters. The maximum absolute atomic E-state index is 13.3. The molecule has 0 unspecified atom stereocenters. The zero-order valence-electron chi connectivity index (χ0n) is 10.2. The first-order valence-electron chi connectivity index (χ1n) is 5.59. The van der Waals surface area contributed by atoms with Crippen LogP contribution in [0.5, 0.6) is 0 Å². The smallest absolute Gasteiger partial charge is 0.335 e. The predicted octanol–water partition coefficient (Wildman–Crippen LogP) is 3.81. The molecule has 0 aliphatic carbocycles. The van der Waals surface area contributed by atoms with Gasteiger partial charge in [0.1, 0.15) is 5.82 Å². The van der Waals surface area contributed by atoms with Gasteiger partial charge < -0.3 is 5.11 Å². The minimum Gasteiger partial charge on any atom is -0.478 e. The lowest BCUT2D eigenvalue weighted by Gasteiger charge is -2.09. The summed E-state index contributed by atoms with van der Waals surface area (Å²) in [6.07, 6.45) is 0. The van der Waals surface area contributed by atoms with Crippen molar-refractivity contribution in [3.8, 4) is 11.1 Å². The SMILES string of the molecule is Cc1ccc(-c2cc(F)ccc2C)cc1C(=O)O. The van der Waals surface area contributed by atoms with E-state index >= 15 is 0 Å². The van der Waals surface area contributed by atoms with Crippen molar-refractivity contribution in [2.75, 3.05) is 0 Å². The third-order valence-electron chi connectivity index (χ3n) is 2.98. The van der Waals surface area contributed by atoms with Crippen molar-refractivity contribution in [3.63, 3.8) is 0 Å². The van der Waals surface area contributed by atoms with E-state index in [2.05, 4.69) is 0 Å². The van der Waals surface area contributed by atoms with Crippen molar-refractivity contribution in [1.82, 2.24) is 0 Å². The van der Waals surface area contributed by atoms with Crippen LogP contribution in [-0.2, 0) is 0 Å². The number of carboxylic acids is 1. The Balaban J connectivity index is 2.61. The Morgan fingerprint density at radius 3 is 2.39 bits per heavy atom. The third kappa shape index (κ3) is 2.25. The topological polar surface area (TPSA) is 37.3 Å². The summed E-state index contributed by atoms with van der Waals surface area (Å²) in [7, 11) is 0. The molecule has 0 aromatic heterocycles. The Kier molecular flexibility index (Phi) is 3.15. The van der Waals surface area contributed by atoms with Gasteiger partial charge >= 0.3 is 5.97 Å². The molecule has 0 fully saturated rings. The molecule has 0 saturated carbocycles. The predicted molar refractivity (Wildman–Crippen MR) is 68.3 cm³/mol. The molecule has 2 nitrogen and oxygen atoms in total. The van der Waals surface area contributed by atoms with Gasteiger partial charge in [0.2, 0.25) is 0 Å². The Bertz CT molecular complexity index is 618. The molecular formula is C15H13FO2. The van der Waals surface area contributed by atoms with Crippen LogP contribution in [0.2, 0.25) is 0 Å². The summed E-state index contributed by atoms with van der Waals surface area (Å²) in [6.45, 7) is 3.61. The maximum Gasteiger partial charge on any atom is 0.335 e. The van der Waals surface area contributed by atoms with Crippen LogP contribution in [0.3, 0.4) is 0 Å².